The Hall–Kier alpha value is -1.14. The zero-order valence-electron chi connectivity index (χ0n) is 10.8. The second-order valence-corrected chi connectivity index (χ2v) is 5.75. The number of benzene rings is 1. The molecule has 100 valence electrons. The molecule has 0 heterocycles. The number of aliphatic hydroxyl groups is 1. The maximum absolute atomic E-state index is 10.9. The van der Waals surface area contributed by atoms with Gasteiger partial charge >= 0.3 is 0 Å². The Balaban J connectivity index is 3.10. The molecule has 0 amide bonds. The van der Waals surface area contributed by atoms with Gasteiger partial charge < -0.3 is 10.4 Å². The van der Waals surface area contributed by atoms with Crippen molar-refractivity contribution in [1.29, 1.82) is 0 Å². The van der Waals surface area contributed by atoms with E-state index in [-0.39, 0.29) is 11.7 Å². The molecule has 0 saturated heterocycles. The van der Waals surface area contributed by atoms with Crippen molar-refractivity contribution in [2.45, 2.75) is 39.3 Å². The van der Waals surface area contributed by atoms with E-state index in [9.17, 15) is 15.2 Å². The molecule has 1 atom stereocenters. The molecule has 1 aromatic carbocycles. The summed E-state index contributed by atoms with van der Waals surface area (Å²) in [4.78, 5) is 10.5. The number of nitrogens with one attached hydrogen (secondary N) is 1. The number of anilines is 1. The normalized spacial score (nSPS) is 13.2. The predicted octanol–water partition coefficient (Wildman–Crippen LogP) is 3.24. The summed E-state index contributed by atoms with van der Waals surface area (Å²) in [6, 6.07) is 2.93. The Morgan fingerprint density at radius 1 is 1.50 bits per heavy atom. The average molecular weight is 317 g/mol. The summed E-state index contributed by atoms with van der Waals surface area (Å²) in [6.07, 6.45) is 0. The topological polar surface area (TPSA) is 75.4 Å². The van der Waals surface area contributed by atoms with Gasteiger partial charge in [0, 0.05) is 16.1 Å². The molecule has 0 radical (unpaired) electrons. The highest BCUT2D eigenvalue weighted by Crippen LogP contribution is 2.31. The van der Waals surface area contributed by atoms with Gasteiger partial charge in [-0.1, -0.05) is 0 Å². The summed E-state index contributed by atoms with van der Waals surface area (Å²) in [7, 11) is 0. The molecule has 0 bridgehead atoms. The highest BCUT2D eigenvalue weighted by Gasteiger charge is 2.24. The van der Waals surface area contributed by atoms with E-state index in [0.29, 0.717) is 11.3 Å². The van der Waals surface area contributed by atoms with Gasteiger partial charge in [0.05, 0.1) is 22.3 Å². The van der Waals surface area contributed by atoms with Crippen LogP contribution >= 0.6 is 15.9 Å². The Morgan fingerprint density at radius 2 is 2.06 bits per heavy atom. The molecule has 0 aliphatic heterocycles. The number of nitro benzene ring substituents is 1. The van der Waals surface area contributed by atoms with Crippen LogP contribution in [-0.4, -0.2) is 21.7 Å². The molecule has 0 aliphatic rings. The fourth-order valence-corrected chi connectivity index (χ4v) is 1.95. The first kappa shape index (κ1) is 14.9. The lowest BCUT2D eigenvalue weighted by Gasteiger charge is -2.28. The summed E-state index contributed by atoms with van der Waals surface area (Å²) >= 11 is 3.36. The van der Waals surface area contributed by atoms with Crippen molar-refractivity contribution in [2.24, 2.45) is 0 Å². The minimum atomic E-state index is -0.918. The van der Waals surface area contributed by atoms with Crippen LogP contribution < -0.4 is 5.32 Å². The van der Waals surface area contributed by atoms with Crippen molar-refractivity contribution in [3.8, 4) is 0 Å². The number of rotatable bonds is 4. The molecule has 1 rings (SSSR count). The van der Waals surface area contributed by atoms with E-state index >= 15 is 0 Å². The van der Waals surface area contributed by atoms with E-state index in [4.69, 9.17) is 0 Å². The van der Waals surface area contributed by atoms with Gasteiger partial charge in [0.2, 0.25) is 0 Å². The van der Waals surface area contributed by atoms with E-state index < -0.39 is 10.5 Å². The molecule has 5 nitrogen and oxygen atoms in total. The van der Waals surface area contributed by atoms with Crippen molar-refractivity contribution in [2.75, 3.05) is 5.32 Å². The molecular weight excluding hydrogens is 300 g/mol. The molecule has 0 saturated carbocycles. The Morgan fingerprint density at radius 3 is 2.50 bits per heavy atom. The molecule has 18 heavy (non-hydrogen) atoms. The first-order valence-electron chi connectivity index (χ1n) is 5.56. The molecule has 1 unspecified atom stereocenters. The van der Waals surface area contributed by atoms with Crippen LogP contribution in [0.5, 0.6) is 0 Å². The maximum Gasteiger partial charge on any atom is 0.274 e. The van der Waals surface area contributed by atoms with Crippen LogP contribution in [0.4, 0.5) is 11.4 Å². The number of nitrogens with zero attached hydrogens (tertiary/aromatic N) is 1. The van der Waals surface area contributed by atoms with E-state index in [1.807, 2.05) is 6.92 Å². The number of hydrogen-bond donors (Lipinski definition) is 2. The Kier molecular flexibility index (Phi) is 4.34. The van der Waals surface area contributed by atoms with E-state index in [2.05, 4.69) is 21.2 Å². The van der Waals surface area contributed by atoms with Crippen LogP contribution in [0.2, 0.25) is 0 Å². The first-order valence-corrected chi connectivity index (χ1v) is 6.35. The number of halogens is 1. The summed E-state index contributed by atoms with van der Waals surface area (Å²) < 4.78 is 0.738. The Bertz CT molecular complexity index is 469. The van der Waals surface area contributed by atoms with Crippen LogP contribution in [0.15, 0.2) is 16.6 Å². The Labute approximate surface area is 114 Å². The SMILES string of the molecule is Cc1cc(Br)c(NC(C)C(C)(C)O)cc1[N+](=O)[O-]. The van der Waals surface area contributed by atoms with Crippen LogP contribution in [-0.2, 0) is 0 Å². The van der Waals surface area contributed by atoms with Gasteiger partial charge in [-0.3, -0.25) is 10.1 Å². The summed E-state index contributed by atoms with van der Waals surface area (Å²) in [6.45, 7) is 6.87. The largest absolute Gasteiger partial charge is 0.388 e. The third-order valence-corrected chi connectivity index (χ3v) is 3.57. The van der Waals surface area contributed by atoms with E-state index in [1.165, 1.54) is 6.07 Å². The summed E-state index contributed by atoms with van der Waals surface area (Å²) in [5.74, 6) is 0. The average Bonchev–Trinajstić information content (AvgIpc) is 2.19. The maximum atomic E-state index is 10.9. The van der Waals surface area contributed by atoms with Crippen LogP contribution in [0.3, 0.4) is 0 Å². The van der Waals surface area contributed by atoms with Crippen molar-refractivity contribution in [3.63, 3.8) is 0 Å². The smallest absolute Gasteiger partial charge is 0.274 e. The molecule has 0 spiro atoms. The van der Waals surface area contributed by atoms with Gasteiger partial charge in [-0.2, -0.15) is 0 Å². The van der Waals surface area contributed by atoms with Gasteiger partial charge in [0.15, 0.2) is 0 Å². The lowest BCUT2D eigenvalue weighted by Crippen LogP contribution is -2.39. The highest BCUT2D eigenvalue weighted by molar-refractivity contribution is 9.10. The monoisotopic (exact) mass is 316 g/mol. The minimum Gasteiger partial charge on any atom is -0.388 e. The zero-order chi connectivity index (χ0) is 14.1. The van der Waals surface area contributed by atoms with Crippen LogP contribution in [0.25, 0.3) is 0 Å². The molecule has 6 heteroatoms. The fourth-order valence-electron chi connectivity index (χ4n) is 1.38. The molecular formula is C12H17BrN2O3. The minimum absolute atomic E-state index is 0.0589. The molecule has 0 aromatic heterocycles. The quantitative estimate of drug-likeness (QED) is 0.660. The third kappa shape index (κ3) is 3.43. The second kappa shape index (κ2) is 5.24. The van der Waals surface area contributed by atoms with Crippen molar-refractivity contribution in [1.82, 2.24) is 0 Å². The van der Waals surface area contributed by atoms with Gasteiger partial charge in [0.1, 0.15) is 0 Å². The van der Waals surface area contributed by atoms with Crippen molar-refractivity contribution >= 4 is 27.3 Å². The van der Waals surface area contributed by atoms with E-state index in [1.54, 1.807) is 26.8 Å². The van der Waals surface area contributed by atoms with E-state index in [0.717, 1.165) is 4.47 Å². The summed E-state index contributed by atoms with van der Waals surface area (Å²) in [5, 5.41) is 23.8. The number of aryl methyl sites for hydroxylation is 1. The lowest BCUT2D eigenvalue weighted by atomic mass is 10.0. The van der Waals surface area contributed by atoms with Crippen LogP contribution in [0.1, 0.15) is 26.3 Å². The van der Waals surface area contributed by atoms with Gasteiger partial charge in [0.25, 0.3) is 5.69 Å². The number of nitro groups is 1. The molecule has 0 fully saturated rings. The van der Waals surface area contributed by atoms with Gasteiger partial charge in [-0.25, -0.2) is 0 Å². The van der Waals surface area contributed by atoms with Crippen LogP contribution in [0, 0.1) is 17.0 Å². The van der Waals surface area contributed by atoms with Gasteiger partial charge in [-0.05, 0) is 49.7 Å². The van der Waals surface area contributed by atoms with Crippen molar-refractivity contribution in [3.05, 3.63) is 32.3 Å². The first-order chi connectivity index (χ1) is 8.12. The standard InChI is InChI=1S/C12H17BrN2O3/c1-7-5-9(13)10(6-11(7)15(17)18)14-8(2)12(3,4)16/h5-6,8,14,16H,1-4H3. The molecule has 2 N–H and O–H groups in total. The second-order valence-electron chi connectivity index (χ2n) is 4.90. The fraction of sp³-hybridized carbons (Fsp3) is 0.500. The van der Waals surface area contributed by atoms with Crippen molar-refractivity contribution < 1.29 is 10.0 Å². The molecule has 0 aliphatic carbocycles. The zero-order valence-corrected chi connectivity index (χ0v) is 12.4. The molecule has 1 aromatic rings. The predicted molar refractivity (Wildman–Crippen MR) is 74.9 cm³/mol. The summed E-state index contributed by atoms with van der Waals surface area (Å²) in [5.41, 5.74) is 0.331. The third-order valence-electron chi connectivity index (χ3n) is 2.91. The lowest BCUT2D eigenvalue weighted by molar-refractivity contribution is -0.385. The van der Waals surface area contributed by atoms with Gasteiger partial charge in [-0.15, -0.1) is 0 Å². The number of hydrogen-bond acceptors (Lipinski definition) is 4. The highest BCUT2D eigenvalue weighted by atomic mass is 79.9.